The van der Waals surface area contributed by atoms with Gasteiger partial charge in [-0.25, -0.2) is 4.39 Å². The first-order valence-electron chi connectivity index (χ1n) is 6.69. The minimum atomic E-state index is -0.484. The molecule has 0 atom stereocenters. The number of nitrogens with zero attached hydrogens (tertiary/aromatic N) is 2. The van der Waals surface area contributed by atoms with Crippen molar-refractivity contribution >= 4 is 0 Å². The molecule has 104 valence electrons. The summed E-state index contributed by atoms with van der Waals surface area (Å²) in [6.45, 7) is 5.55. The monoisotopic (exact) mass is 264 g/mol. The summed E-state index contributed by atoms with van der Waals surface area (Å²) in [5, 5.41) is 18.0. The molecule has 0 bridgehead atoms. The van der Waals surface area contributed by atoms with Gasteiger partial charge in [-0.1, -0.05) is 19.9 Å². The summed E-state index contributed by atoms with van der Waals surface area (Å²) in [5.74, 6) is -0.484. The number of aliphatic hydroxyl groups excluding tert-OH is 1. The Labute approximate surface area is 114 Å². The summed E-state index contributed by atoms with van der Waals surface area (Å²) in [6.07, 6.45) is 2.01. The van der Waals surface area contributed by atoms with Crippen molar-refractivity contribution in [3.8, 4) is 6.07 Å². The molecular formula is C15H21FN2O. The van der Waals surface area contributed by atoms with Gasteiger partial charge in [0.05, 0.1) is 12.2 Å². The zero-order chi connectivity index (χ0) is 14.3. The smallest absolute Gasteiger partial charge is 0.140 e. The van der Waals surface area contributed by atoms with Crippen LogP contribution in [0, 0.1) is 17.1 Å². The fourth-order valence-electron chi connectivity index (χ4n) is 2.32. The van der Waals surface area contributed by atoms with E-state index in [1.807, 2.05) is 6.07 Å². The summed E-state index contributed by atoms with van der Waals surface area (Å²) >= 11 is 0. The zero-order valence-corrected chi connectivity index (χ0v) is 11.6. The fourth-order valence-corrected chi connectivity index (χ4v) is 2.32. The van der Waals surface area contributed by atoms with Gasteiger partial charge in [0.25, 0.3) is 0 Å². The SMILES string of the molecule is CCC(CC)N(CCO)Cc1ccc(F)c(C#N)c1. The molecule has 0 aromatic heterocycles. The summed E-state index contributed by atoms with van der Waals surface area (Å²) in [6, 6.07) is 6.86. The van der Waals surface area contributed by atoms with Crippen LogP contribution in [-0.4, -0.2) is 29.2 Å². The number of hydrogen-bond donors (Lipinski definition) is 1. The lowest BCUT2D eigenvalue weighted by atomic mass is 10.1. The maximum Gasteiger partial charge on any atom is 0.140 e. The first-order valence-corrected chi connectivity index (χ1v) is 6.69. The van der Waals surface area contributed by atoms with Gasteiger partial charge in [-0.15, -0.1) is 0 Å². The number of halogens is 1. The van der Waals surface area contributed by atoms with E-state index >= 15 is 0 Å². The number of hydrogen-bond acceptors (Lipinski definition) is 3. The van der Waals surface area contributed by atoms with E-state index in [1.165, 1.54) is 6.07 Å². The quantitative estimate of drug-likeness (QED) is 0.823. The van der Waals surface area contributed by atoms with E-state index in [4.69, 9.17) is 10.4 Å². The normalized spacial score (nSPS) is 11.0. The highest BCUT2D eigenvalue weighted by molar-refractivity contribution is 5.34. The third kappa shape index (κ3) is 4.30. The second-order valence-corrected chi connectivity index (χ2v) is 4.59. The summed E-state index contributed by atoms with van der Waals surface area (Å²) in [5.41, 5.74) is 0.976. The number of benzene rings is 1. The minimum Gasteiger partial charge on any atom is -0.395 e. The Morgan fingerprint density at radius 1 is 1.37 bits per heavy atom. The average Bonchev–Trinajstić information content (AvgIpc) is 2.42. The van der Waals surface area contributed by atoms with Gasteiger partial charge in [0.2, 0.25) is 0 Å². The second-order valence-electron chi connectivity index (χ2n) is 4.59. The number of rotatable bonds is 7. The van der Waals surface area contributed by atoms with E-state index in [9.17, 15) is 4.39 Å². The molecule has 0 heterocycles. The van der Waals surface area contributed by atoms with Crippen LogP contribution in [0.15, 0.2) is 18.2 Å². The van der Waals surface area contributed by atoms with E-state index in [0.717, 1.165) is 18.4 Å². The van der Waals surface area contributed by atoms with Crippen LogP contribution in [0.5, 0.6) is 0 Å². The molecule has 1 aromatic rings. The molecule has 0 fully saturated rings. The summed E-state index contributed by atoms with van der Waals surface area (Å²) in [4.78, 5) is 2.17. The molecule has 0 amide bonds. The van der Waals surface area contributed by atoms with E-state index in [2.05, 4.69) is 18.7 Å². The van der Waals surface area contributed by atoms with Crippen LogP contribution in [0.4, 0.5) is 4.39 Å². The molecule has 0 saturated heterocycles. The lowest BCUT2D eigenvalue weighted by molar-refractivity contribution is 0.136. The van der Waals surface area contributed by atoms with E-state index < -0.39 is 5.82 Å². The van der Waals surface area contributed by atoms with Crippen molar-refractivity contribution in [2.45, 2.75) is 39.3 Å². The van der Waals surface area contributed by atoms with Gasteiger partial charge in [-0.3, -0.25) is 4.90 Å². The Morgan fingerprint density at radius 3 is 2.58 bits per heavy atom. The van der Waals surface area contributed by atoms with Crippen molar-refractivity contribution < 1.29 is 9.50 Å². The van der Waals surface area contributed by atoms with Gasteiger partial charge < -0.3 is 5.11 Å². The third-order valence-corrected chi connectivity index (χ3v) is 3.38. The van der Waals surface area contributed by atoms with Crippen molar-refractivity contribution in [2.75, 3.05) is 13.2 Å². The van der Waals surface area contributed by atoms with Crippen molar-refractivity contribution in [3.05, 3.63) is 35.1 Å². The lowest BCUT2D eigenvalue weighted by Crippen LogP contribution is -2.36. The Bertz CT molecular complexity index is 438. The highest BCUT2D eigenvalue weighted by Crippen LogP contribution is 2.16. The largest absolute Gasteiger partial charge is 0.395 e. The maximum absolute atomic E-state index is 13.3. The summed E-state index contributed by atoms with van der Waals surface area (Å²) in [7, 11) is 0. The van der Waals surface area contributed by atoms with Crippen molar-refractivity contribution in [1.82, 2.24) is 4.90 Å². The Hall–Kier alpha value is -1.44. The average molecular weight is 264 g/mol. The molecule has 3 nitrogen and oxygen atoms in total. The van der Waals surface area contributed by atoms with Crippen LogP contribution in [0.2, 0.25) is 0 Å². The van der Waals surface area contributed by atoms with Crippen LogP contribution in [-0.2, 0) is 6.54 Å². The van der Waals surface area contributed by atoms with Crippen LogP contribution in [0.1, 0.15) is 37.8 Å². The number of aliphatic hydroxyl groups is 1. The molecule has 19 heavy (non-hydrogen) atoms. The maximum atomic E-state index is 13.3. The molecule has 0 unspecified atom stereocenters. The van der Waals surface area contributed by atoms with Gasteiger partial charge in [0.1, 0.15) is 11.9 Å². The van der Waals surface area contributed by atoms with E-state index in [-0.39, 0.29) is 12.2 Å². The standard InChI is InChI=1S/C15H21FN2O/c1-3-14(4-2)18(7-8-19)11-12-5-6-15(16)13(9-12)10-17/h5-6,9,14,19H,3-4,7-8,11H2,1-2H3. The topological polar surface area (TPSA) is 47.3 Å². The molecular weight excluding hydrogens is 243 g/mol. The molecule has 0 saturated carbocycles. The zero-order valence-electron chi connectivity index (χ0n) is 11.6. The van der Waals surface area contributed by atoms with Crippen molar-refractivity contribution in [2.24, 2.45) is 0 Å². The van der Waals surface area contributed by atoms with Gasteiger partial charge >= 0.3 is 0 Å². The third-order valence-electron chi connectivity index (χ3n) is 3.38. The van der Waals surface area contributed by atoms with Gasteiger partial charge in [-0.2, -0.15) is 5.26 Å². The van der Waals surface area contributed by atoms with Gasteiger partial charge in [-0.05, 0) is 30.5 Å². The highest BCUT2D eigenvalue weighted by atomic mass is 19.1. The predicted octanol–water partition coefficient (Wildman–Crippen LogP) is 2.68. The predicted molar refractivity (Wildman–Crippen MR) is 73.0 cm³/mol. The Balaban J connectivity index is 2.87. The van der Waals surface area contributed by atoms with Crippen molar-refractivity contribution in [3.63, 3.8) is 0 Å². The highest BCUT2D eigenvalue weighted by Gasteiger charge is 2.15. The van der Waals surface area contributed by atoms with Crippen LogP contribution in [0.25, 0.3) is 0 Å². The molecule has 1 N–H and O–H groups in total. The second kappa shape index (κ2) is 7.88. The minimum absolute atomic E-state index is 0.0750. The molecule has 1 aromatic carbocycles. The van der Waals surface area contributed by atoms with Gasteiger partial charge in [0.15, 0.2) is 0 Å². The van der Waals surface area contributed by atoms with E-state index in [0.29, 0.717) is 19.1 Å². The lowest BCUT2D eigenvalue weighted by Gasteiger charge is -2.29. The van der Waals surface area contributed by atoms with Gasteiger partial charge in [0, 0.05) is 19.1 Å². The first kappa shape index (κ1) is 15.6. The van der Waals surface area contributed by atoms with E-state index in [1.54, 1.807) is 12.1 Å². The molecule has 0 aliphatic rings. The molecule has 0 aliphatic heterocycles. The number of nitriles is 1. The van der Waals surface area contributed by atoms with Crippen LogP contribution < -0.4 is 0 Å². The fraction of sp³-hybridized carbons (Fsp3) is 0.533. The molecule has 0 spiro atoms. The Kier molecular flexibility index (Phi) is 6.48. The summed E-state index contributed by atoms with van der Waals surface area (Å²) < 4.78 is 13.3. The molecule has 1 rings (SSSR count). The Morgan fingerprint density at radius 2 is 2.05 bits per heavy atom. The molecule has 0 radical (unpaired) electrons. The van der Waals surface area contributed by atoms with Crippen LogP contribution in [0.3, 0.4) is 0 Å². The van der Waals surface area contributed by atoms with Crippen molar-refractivity contribution in [1.29, 1.82) is 5.26 Å². The first-order chi connectivity index (χ1) is 9.15. The van der Waals surface area contributed by atoms with Crippen LogP contribution >= 0.6 is 0 Å². The molecule has 4 heteroatoms. The molecule has 0 aliphatic carbocycles.